The molecule has 2 unspecified atom stereocenters. The highest BCUT2D eigenvalue weighted by Crippen LogP contribution is 2.30. The summed E-state index contributed by atoms with van der Waals surface area (Å²) < 4.78 is 0. The number of nitrogens with two attached hydrogens (primary N) is 1. The van der Waals surface area contributed by atoms with Crippen molar-refractivity contribution in [1.82, 2.24) is 10.3 Å². The number of amidine groups is 1. The lowest BCUT2D eigenvalue weighted by Gasteiger charge is -2.26. The van der Waals surface area contributed by atoms with Crippen LogP contribution in [0.3, 0.4) is 0 Å². The van der Waals surface area contributed by atoms with E-state index in [2.05, 4.69) is 24.1 Å². The van der Waals surface area contributed by atoms with E-state index >= 15 is 0 Å². The number of hydrogen-bond donors (Lipinski definition) is 2. The standard InChI is InChI=1S/C19H23ClN4/c1-19(2,12-21)16-11-23-18(24-16)17(15-5-3-4-10-22-15)13-6-8-14(20)9-7-13/h3-10,16-17H,11-12,21H2,1-2H3,(H,23,24). The van der Waals surface area contributed by atoms with Gasteiger partial charge in [0.05, 0.1) is 17.7 Å². The topological polar surface area (TPSA) is 63.3 Å². The first-order chi connectivity index (χ1) is 11.5. The first-order valence-corrected chi connectivity index (χ1v) is 8.57. The number of hydrogen-bond acceptors (Lipinski definition) is 4. The molecule has 1 aromatic carbocycles. The maximum atomic E-state index is 6.05. The van der Waals surface area contributed by atoms with Gasteiger partial charge in [-0.3, -0.25) is 9.98 Å². The van der Waals surface area contributed by atoms with E-state index in [9.17, 15) is 0 Å². The lowest BCUT2D eigenvalue weighted by atomic mass is 9.85. The fraction of sp³-hybridized carbons (Fsp3) is 0.368. The summed E-state index contributed by atoms with van der Waals surface area (Å²) in [7, 11) is 0. The SMILES string of the molecule is CC(C)(CN)C1CNC(C(c2ccc(Cl)cc2)c2ccccn2)=N1. The number of rotatable bonds is 5. The van der Waals surface area contributed by atoms with Gasteiger partial charge < -0.3 is 11.1 Å². The van der Waals surface area contributed by atoms with Gasteiger partial charge >= 0.3 is 0 Å². The fourth-order valence-electron chi connectivity index (χ4n) is 2.89. The number of nitrogens with one attached hydrogen (secondary N) is 1. The van der Waals surface area contributed by atoms with E-state index in [4.69, 9.17) is 22.3 Å². The molecule has 0 fully saturated rings. The molecular formula is C19H23ClN4. The van der Waals surface area contributed by atoms with Crippen molar-refractivity contribution >= 4 is 17.4 Å². The molecule has 2 heterocycles. The molecule has 126 valence electrons. The highest BCUT2D eigenvalue weighted by molar-refractivity contribution is 6.30. The quantitative estimate of drug-likeness (QED) is 0.876. The molecule has 0 amide bonds. The second-order valence-corrected chi connectivity index (χ2v) is 7.28. The molecule has 1 aromatic heterocycles. The summed E-state index contributed by atoms with van der Waals surface area (Å²) >= 11 is 6.05. The van der Waals surface area contributed by atoms with Crippen LogP contribution in [-0.4, -0.2) is 30.0 Å². The highest BCUT2D eigenvalue weighted by Gasteiger charge is 2.34. The average Bonchev–Trinajstić information content (AvgIpc) is 3.08. The zero-order valence-electron chi connectivity index (χ0n) is 14.0. The van der Waals surface area contributed by atoms with Crippen molar-refractivity contribution in [2.75, 3.05) is 13.1 Å². The van der Waals surface area contributed by atoms with Gasteiger partial charge in [-0.2, -0.15) is 0 Å². The maximum absolute atomic E-state index is 6.05. The molecule has 1 aliphatic heterocycles. The first-order valence-electron chi connectivity index (χ1n) is 8.19. The van der Waals surface area contributed by atoms with Crippen LogP contribution in [0.25, 0.3) is 0 Å². The van der Waals surface area contributed by atoms with Crippen LogP contribution in [0.4, 0.5) is 0 Å². The van der Waals surface area contributed by atoms with Crippen LogP contribution in [0.15, 0.2) is 53.7 Å². The summed E-state index contributed by atoms with van der Waals surface area (Å²) in [6.07, 6.45) is 1.81. The predicted molar refractivity (Wildman–Crippen MR) is 99.6 cm³/mol. The van der Waals surface area contributed by atoms with Gasteiger partial charge in [0.2, 0.25) is 0 Å². The molecule has 5 heteroatoms. The number of benzene rings is 1. The summed E-state index contributed by atoms with van der Waals surface area (Å²) in [4.78, 5) is 9.51. The third-order valence-corrected chi connectivity index (χ3v) is 4.91. The number of aromatic nitrogens is 1. The Morgan fingerprint density at radius 2 is 2.00 bits per heavy atom. The Kier molecular flexibility index (Phi) is 4.88. The number of halogens is 1. The normalized spacial score (nSPS) is 18.8. The van der Waals surface area contributed by atoms with E-state index in [1.165, 1.54) is 0 Å². The lowest BCUT2D eigenvalue weighted by molar-refractivity contribution is 0.308. The Labute approximate surface area is 148 Å². The number of aliphatic imine (C=N–C) groups is 1. The Hall–Kier alpha value is -1.91. The van der Waals surface area contributed by atoms with Crippen LogP contribution >= 0.6 is 11.6 Å². The summed E-state index contributed by atoms with van der Waals surface area (Å²) in [5.41, 5.74) is 7.97. The molecule has 0 saturated carbocycles. The van der Waals surface area contributed by atoms with E-state index in [-0.39, 0.29) is 17.4 Å². The van der Waals surface area contributed by atoms with Gasteiger partial charge in [0.25, 0.3) is 0 Å². The van der Waals surface area contributed by atoms with E-state index < -0.39 is 0 Å². The molecule has 0 aliphatic carbocycles. The van der Waals surface area contributed by atoms with Gasteiger partial charge in [0.1, 0.15) is 5.84 Å². The van der Waals surface area contributed by atoms with E-state index in [0.29, 0.717) is 6.54 Å². The highest BCUT2D eigenvalue weighted by atomic mass is 35.5. The smallest absolute Gasteiger partial charge is 0.110 e. The van der Waals surface area contributed by atoms with Crippen molar-refractivity contribution in [3.05, 3.63) is 64.9 Å². The van der Waals surface area contributed by atoms with Crippen LogP contribution < -0.4 is 11.1 Å². The fourth-order valence-corrected chi connectivity index (χ4v) is 3.02. The van der Waals surface area contributed by atoms with Crippen molar-refractivity contribution < 1.29 is 0 Å². The van der Waals surface area contributed by atoms with Crippen molar-refractivity contribution in [3.8, 4) is 0 Å². The molecule has 2 atom stereocenters. The third kappa shape index (κ3) is 3.45. The van der Waals surface area contributed by atoms with E-state index in [0.717, 1.165) is 28.7 Å². The minimum absolute atomic E-state index is 0.0259. The lowest BCUT2D eigenvalue weighted by Crippen LogP contribution is -2.38. The number of nitrogens with zero attached hydrogens (tertiary/aromatic N) is 2. The molecule has 0 spiro atoms. The van der Waals surface area contributed by atoms with Crippen LogP contribution in [0.2, 0.25) is 5.02 Å². The molecule has 3 N–H and O–H groups in total. The Balaban J connectivity index is 2.00. The van der Waals surface area contributed by atoms with Crippen molar-refractivity contribution in [3.63, 3.8) is 0 Å². The first kappa shape index (κ1) is 16.9. The minimum Gasteiger partial charge on any atom is -0.371 e. The van der Waals surface area contributed by atoms with Gasteiger partial charge in [-0.1, -0.05) is 43.6 Å². The molecular weight excluding hydrogens is 320 g/mol. The zero-order valence-corrected chi connectivity index (χ0v) is 14.8. The molecule has 2 aromatic rings. The Morgan fingerprint density at radius 1 is 1.25 bits per heavy atom. The average molecular weight is 343 g/mol. The van der Waals surface area contributed by atoms with Crippen LogP contribution in [0, 0.1) is 5.41 Å². The van der Waals surface area contributed by atoms with Crippen LogP contribution in [-0.2, 0) is 0 Å². The molecule has 4 nitrogen and oxygen atoms in total. The molecule has 0 radical (unpaired) electrons. The molecule has 1 aliphatic rings. The largest absolute Gasteiger partial charge is 0.371 e. The summed E-state index contributed by atoms with van der Waals surface area (Å²) in [5.74, 6) is 0.921. The minimum atomic E-state index is -0.0383. The zero-order chi connectivity index (χ0) is 17.2. The van der Waals surface area contributed by atoms with Crippen LogP contribution in [0.1, 0.15) is 31.0 Å². The molecule has 0 saturated heterocycles. The maximum Gasteiger partial charge on any atom is 0.110 e. The second-order valence-electron chi connectivity index (χ2n) is 6.84. The van der Waals surface area contributed by atoms with Gasteiger partial charge in [0.15, 0.2) is 0 Å². The molecule has 24 heavy (non-hydrogen) atoms. The number of pyridine rings is 1. The predicted octanol–water partition coefficient (Wildman–Crippen LogP) is 3.22. The van der Waals surface area contributed by atoms with E-state index in [1.807, 2.05) is 48.7 Å². The van der Waals surface area contributed by atoms with E-state index in [1.54, 1.807) is 0 Å². The Morgan fingerprint density at radius 3 is 2.62 bits per heavy atom. The molecule has 3 rings (SSSR count). The van der Waals surface area contributed by atoms with Crippen LogP contribution in [0.5, 0.6) is 0 Å². The second kappa shape index (κ2) is 6.91. The van der Waals surface area contributed by atoms with Crippen molar-refractivity contribution in [2.45, 2.75) is 25.8 Å². The van der Waals surface area contributed by atoms with Gasteiger partial charge in [-0.05, 0) is 36.4 Å². The van der Waals surface area contributed by atoms with Crippen molar-refractivity contribution in [2.24, 2.45) is 16.1 Å². The summed E-state index contributed by atoms with van der Waals surface area (Å²) in [5, 5.41) is 4.20. The van der Waals surface area contributed by atoms with Gasteiger partial charge in [-0.25, -0.2) is 0 Å². The van der Waals surface area contributed by atoms with Gasteiger partial charge in [-0.15, -0.1) is 0 Å². The Bertz CT molecular complexity index is 710. The summed E-state index contributed by atoms with van der Waals surface area (Å²) in [6.45, 7) is 5.72. The van der Waals surface area contributed by atoms with Crippen molar-refractivity contribution in [1.29, 1.82) is 0 Å². The third-order valence-electron chi connectivity index (χ3n) is 4.66. The molecule has 0 bridgehead atoms. The monoisotopic (exact) mass is 342 g/mol. The van der Waals surface area contributed by atoms with Gasteiger partial charge in [0, 0.05) is 23.2 Å². The summed E-state index contributed by atoms with van der Waals surface area (Å²) in [6, 6.07) is 14.0.